The van der Waals surface area contributed by atoms with Gasteiger partial charge >= 0.3 is 0 Å². The molecule has 0 spiro atoms. The Morgan fingerprint density at radius 1 is 1.25 bits per heavy atom. The minimum atomic E-state index is -0.659. The Morgan fingerprint density at radius 2 is 2.00 bits per heavy atom. The van der Waals surface area contributed by atoms with Crippen LogP contribution in [0, 0.1) is 11.6 Å². The third kappa shape index (κ3) is 4.27. The van der Waals surface area contributed by atoms with Crippen LogP contribution in [0.2, 0.25) is 0 Å². The second kappa shape index (κ2) is 6.95. The molecule has 108 valence electrons. The molecule has 20 heavy (non-hydrogen) atoms. The number of ether oxygens (including phenoxy) is 1. The van der Waals surface area contributed by atoms with Crippen molar-refractivity contribution in [2.45, 2.75) is 20.0 Å². The van der Waals surface area contributed by atoms with E-state index in [2.05, 4.69) is 15.6 Å². The van der Waals surface area contributed by atoms with Crippen LogP contribution in [0.5, 0.6) is 5.75 Å². The largest absolute Gasteiger partial charge is 0.491 e. The third-order valence-electron chi connectivity index (χ3n) is 2.57. The monoisotopic (exact) mass is 282 g/mol. The number of nitrogens with one attached hydrogen (secondary N) is 1. The number of benzene rings is 1. The van der Waals surface area contributed by atoms with Crippen molar-refractivity contribution in [2.24, 2.45) is 0 Å². The van der Waals surface area contributed by atoms with Crippen molar-refractivity contribution in [1.29, 1.82) is 0 Å². The molecule has 0 saturated carbocycles. The van der Waals surface area contributed by atoms with Crippen molar-refractivity contribution < 1.29 is 13.5 Å². The summed E-state index contributed by atoms with van der Waals surface area (Å²) in [4.78, 5) is 0. The zero-order chi connectivity index (χ0) is 14.4. The molecule has 0 atom stereocenters. The van der Waals surface area contributed by atoms with Gasteiger partial charge in [-0.2, -0.15) is 0 Å². The van der Waals surface area contributed by atoms with E-state index in [0.717, 1.165) is 30.4 Å². The number of hydrogen-bond acceptors (Lipinski definition) is 4. The number of nitrogens with zero attached hydrogens (tertiary/aromatic N) is 3. The van der Waals surface area contributed by atoms with Crippen LogP contribution in [0.25, 0.3) is 0 Å². The topological polar surface area (TPSA) is 52.0 Å². The van der Waals surface area contributed by atoms with E-state index in [-0.39, 0.29) is 12.4 Å². The number of halogens is 2. The minimum absolute atomic E-state index is 0.162. The van der Waals surface area contributed by atoms with Crippen LogP contribution in [0.4, 0.5) is 8.78 Å². The maximum absolute atomic E-state index is 12.9. The van der Waals surface area contributed by atoms with Crippen molar-refractivity contribution in [3.63, 3.8) is 0 Å². The molecule has 0 aliphatic rings. The maximum Gasteiger partial charge on any atom is 0.129 e. The fourth-order valence-corrected chi connectivity index (χ4v) is 1.65. The standard InChI is InChI=1S/C13H16F2N4O/c1-2-16-8-12-9-19(18-17-12)3-4-20-13-6-10(14)5-11(15)7-13/h5-7,9,16H,2-4,8H2,1H3. The highest BCUT2D eigenvalue weighted by Crippen LogP contribution is 2.15. The van der Waals surface area contributed by atoms with E-state index in [1.165, 1.54) is 0 Å². The Hall–Kier alpha value is -2.02. The third-order valence-corrected chi connectivity index (χ3v) is 2.57. The van der Waals surface area contributed by atoms with Gasteiger partial charge in [0.2, 0.25) is 0 Å². The molecule has 0 aliphatic heterocycles. The van der Waals surface area contributed by atoms with E-state index in [1.54, 1.807) is 10.9 Å². The quantitative estimate of drug-likeness (QED) is 0.840. The van der Waals surface area contributed by atoms with Crippen molar-refractivity contribution in [3.05, 3.63) is 41.7 Å². The first-order chi connectivity index (χ1) is 9.67. The molecule has 1 aromatic heterocycles. The summed E-state index contributed by atoms with van der Waals surface area (Å²) in [6, 6.07) is 3.08. The molecule has 0 unspecified atom stereocenters. The second-order valence-corrected chi connectivity index (χ2v) is 4.21. The summed E-state index contributed by atoms with van der Waals surface area (Å²) in [6.45, 7) is 4.24. The predicted octanol–water partition coefficient (Wildman–Crippen LogP) is 1.74. The summed E-state index contributed by atoms with van der Waals surface area (Å²) in [5.74, 6) is -1.15. The summed E-state index contributed by atoms with van der Waals surface area (Å²) in [5, 5.41) is 11.1. The minimum Gasteiger partial charge on any atom is -0.491 e. The fourth-order valence-electron chi connectivity index (χ4n) is 1.65. The Morgan fingerprint density at radius 3 is 2.70 bits per heavy atom. The molecule has 0 bridgehead atoms. The molecule has 1 aromatic carbocycles. The highest BCUT2D eigenvalue weighted by atomic mass is 19.1. The Bertz CT molecular complexity index is 539. The lowest BCUT2D eigenvalue weighted by atomic mass is 10.3. The van der Waals surface area contributed by atoms with E-state index in [4.69, 9.17) is 4.74 Å². The fraction of sp³-hybridized carbons (Fsp3) is 0.385. The Labute approximate surface area is 115 Å². The smallest absolute Gasteiger partial charge is 0.129 e. The van der Waals surface area contributed by atoms with Crippen molar-refractivity contribution in [1.82, 2.24) is 20.3 Å². The molecule has 1 N–H and O–H groups in total. The summed E-state index contributed by atoms with van der Waals surface area (Å²) in [5.41, 5.74) is 0.837. The van der Waals surface area contributed by atoms with Crippen molar-refractivity contribution in [3.8, 4) is 5.75 Å². The molecule has 0 saturated heterocycles. The van der Waals surface area contributed by atoms with Crippen LogP contribution in [-0.2, 0) is 13.1 Å². The molecule has 7 heteroatoms. The summed E-state index contributed by atoms with van der Waals surface area (Å²) < 4.78 is 32.8. The van der Waals surface area contributed by atoms with Gasteiger partial charge in [0.25, 0.3) is 0 Å². The van der Waals surface area contributed by atoms with Gasteiger partial charge in [-0.3, -0.25) is 0 Å². The SMILES string of the molecule is CCNCc1cn(CCOc2cc(F)cc(F)c2)nn1. The zero-order valence-electron chi connectivity index (χ0n) is 11.1. The second-order valence-electron chi connectivity index (χ2n) is 4.21. The Balaban J connectivity index is 1.81. The van der Waals surface area contributed by atoms with Gasteiger partial charge in [0.15, 0.2) is 0 Å². The summed E-state index contributed by atoms with van der Waals surface area (Å²) in [7, 11) is 0. The van der Waals surface area contributed by atoms with Crippen LogP contribution in [0.15, 0.2) is 24.4 Å². The molecule has 1 heterocycles. The van der Waals surface area contributed by atoms with Gasteiger partial charge in [0.1, 0.15) is 24.0 Å². The van der Waals surface area contributed by atoms with E-state index in [0.29, 0.717) is 13.1 Å². The van der Waals surface area contributed by atoms with Crippen molar-refractivity contribution in [2.75, 3.05) is 13.2 Å². The van der Waals surface area contributed by atoms with Crippen LogP contribution in [0.3, 0.4) is 0 Å². The van der Waals surface area contributed by atoms with Gasteiger partial charge in [-0.25, -0.2) is 13.5 Å². The molecular weight excluding hydrogens is 266 g/mol. The average Bonchev–Trinajstić information content (AvgIpc) is 2.83. The summed E-state index contributed by atoms with van der Waals surface area (Å²) in [6.07, 6.45) is 1.80. The molecule has 0 fully saturated rings. The van der Waals surface area contributed by atoms with E-state index < -0.39 is 11.6 Å². The molecule has 5 nitrogen and oxygen atoms in total. The lowest BCUT2D eigenvalue weighted by Gasteiger charge is -2.06. The normalized spacial score (nSPS) is 10.8. The first-order valence-corrected chi connectivity index (χ1v) is 6.36. The molecule has 2 aromatic rings. The van der Waals surface area contributed by atoms with Crippen LogP contribution < -0.4 is 10.1 Å². The average molecular weight is 282 g/mol. The highest BCUT2D eigenvalue weighted by molar-refractivity contribution is 5.23. The van der Waals surface area contributed by atoms with Crippen LogP contribution in [0.1, 0.15) is 12.6 Å². The molecule has 0 radical (unpaired) electrons. The molecule has 0 amide bonds. The van der Waals surface area contributed by atoms with Crippen molar-refractivity contribution >= 4 is 0 Å². The maximum atomic E-state index is 12.9. The van der Waals surface area contributed by atoms with E-state index >= 15 is 0 Å². The van der Waals surface area contributed by atoms with Crippen LogP contribution >= 0.6 is 0 Å². The van der Waals surface area contributed by atoms with Gasteiger partial charge in [-0.1, -0.05) is 12.1 Å². The summed E-state index contributed by atoms with van der Waals surface area (Å²) >= 11 is 0. The van der Waals surface area contributed by atoms with Crippen LogP contribution in [-0.4, -0.2) is 28.1 Å². The number of aromatic nitrogens is 3. The van der Waals surface area contributed by atoms with E-state index in [9.17, 15) is 8.78 Å². The number of hydrogen-bond donors (Lipinski definition) is 1. The zero-order valence-corrected chi connectivity index (χ0v) is 11.1. The van der Waals surface area contributed by atoms with Gasteiger partial charge in [0, 0.05) is 30.9 Å². The lowest BCUT2D eigenvalue weighted by molar-refractivity contribution is 0.287. The van der Waals surface area contributed by atoms with Gasteiger partial charge < -0.3 is 10.1 Å². The number of rotatable bonds is 7. The van der Waals surface area contributed by atoms with Gasteiger partial charge in [-0.15, -0.1) is 5.10 Å². The van der Waals surface area contributed by atoms with E-state index in [1.807, 2.05) is 6.92 Å². The lowest BCUT2D eigenvalue weighted by Crippen LogP contribution is -2.12. The predicted molar refractivity (Wildman–Crippen MR) is 69.3 cm³/mol. The van der Waals surface area contributed by atoms with Gasteiger partial charge in [-0.05, 0) is 6.54 Å². The molecular formula is C13H16F2N4O. The molecule has 2 rings (SSSR count). The Kier molecular flexibility index (Phi) is 5.00. The molecule has 0 aliphatic carbocycles. The first-order valence-electron chi connectivity index (χ1n) is 6.36. The first kappa shape index (κ1) is 14.4. The van der Waals surface area contributed by atoms with Gasteiger partial charge in [0.05, 0.1) is 12.2 Å². The highest BCUT2D eigenvalue weighted by Gasteiger charge is 2.03.